The molecule has 2 heterocycles. The molecule has 0 radical (unpaired) electrons. The van der Waals surface area contributed by atoms with E-state index in [1.807, 2.05) is 31.2 Å². The minimum atomic E-state index is -3.79. The highest BCUT2D eigenvalue weighted by molar-refractivity contribution is 7.89. The fourth-order valence-electron chi connectivity index (χ4n) is 4.65. The van der Waals surface area contributed by atoms with Crippen LogP contribution in [0.1, 0.15) is 45.6 Å². The van der Waals surface area contributed by atoms with Crippen molar-refractivity contribution < 1.29 is 13.2 Å². The van der Waals surface area contributed by atoms with Crippen LogP contribution in [0.15, 0.2) is 52.4 Å². The first-order chi connectivity index (χ1) is 16.6. The zero-order valence-corrected chi connectivity index (χ0v) is 21.7. The van der Waals surface area contributed by atoms with Gasteiger partial charge in [-0.25, -0.2) is 13.4 Å². The molecule has 9 heteroatoms. The van der Waals surface area contributed by atoms with Crippen molar-refractivity contribution in [3.05, 3.63) is 48.0 Å². The number of piperidine rings is 1. The third-order valence-electron chi connectivity index (χ3n) is 6.62. The van der Waals surface area contributed by atoms with Gasteiger partial charge in [0, 0.05) is 26.6 Å². The molecule has 2 aliphatic heterocycles. The summed E-state index contributed by atoms with van der Waals surface area (Å²) in [5.41, 5.74) is 2.53. The number of fused-ring (bicyclic) bond motifs is 1. The van der Waals surface area contributed by atoms with Crippen molar-refractivity contribution in [2.45, 2.75) is 57.4 Å². The van der Waals surface area contributed by atoms with E-state index in [9.17, 15) is 13.2 Å². The highest BCUT2D eigenvalue weighted by Gasteiger charge is 2.44. The summed E-state index contributed by atoms with van der Waals surface area (Å²) in [6.07, 6.45) is 2.18. The molecular formula is C26H35N5O3S. The number of para-hydroxylation sites is 2. The van der Waals surface area contributed by atoms with E-state index < -0.39 is 15.6 Å². The molecule has 0 bridgehead atoms. The van der Waals surface area contributed by atoms with E-state index >= 15 is 0 Å². The number of anilines is 2. The van der Waals surface area contributed by atoms with Crippen LogP contribution < -0.4 is 16.0 Å². The highest BCUT2D eigenvalue weighted by atomic mass is 32.2. The average molecular weight is 498 g/mol. The Kier molecular flexibility index (Phi) is 7.19. The fourth-order valence-corrected chi connectivity index (χ4v) is 6.33. The molecule has 35 heavy (non-hydrogen) atoms. The smallest absolute Gasteiger partial charge is 0.245 e. The monoisotopic (exact) mass is 497 g/mol. The lowest BCUT2D eigenvalue weighted by Crippen LogP contribution is -2.60. The SMILES string of the molecule is CC(=O)Nc1ccc(C)cc1S(=O)(=O)N1CCC2(CC1)Nc1ccccc1N=C2NCCC(C)C. The second-order valence-corrected chi connectivity index (χ2v) is 11.8. The van der Waals surface area contributed by atoms with E-state index in [1.165, 1.54) is 11.2 Å². The maximum Gasteiger partial charge on any atom is 0.245 e. The molecule has 0 unspecified atom stereocenters. The number of nitrogens with zero attached hydrogens (tertiary/aromatic N) is 2. The highest BCUT2D eigenvalue weighted by Crippen LogP contribution is 2.39. The summed E-state index contributed by atoms with van der Waals surface area (Å²) in [4.78, 5) is 16.8. The first-order valence-electron chi connectivity index (χ1n) is 12.2. The number of aliphatic imine (C=N–C) groups is 1. The van der Waals surface area contributed by atoms with Crippen molar-refractivity contribution in [1.29, 1.82) is 0 Å². The number of nitrogens with one attached hydrogen (secondary N) is 3. The number of hydrogen-bond donors (Lipinski definition) is 3. The Morgan fingerprint density at radius 1 is 1.17 bits per heavy atom. The molecule has 2 aliphatic rings. The van der Waals surface area contributed by atoms with Crippen LogP contribution >= 0.6 is 0 Å². The number of aryl methyl sites for hydroxylation is 1. The lowest BCUT2D eigenvalue weighted by atomic mass is 9.85. The quantitative estimate of drug-likeness (QED) is 0.553. The Labute approximate surface area is 208 Å². The number of hydrogen-bond acceptors (Lipinski definition) is 6. The summed E-state index contributed by atoms with van der Waals surface area (Å²) < 4.78 is 28.8. The molecule has 8 nitrogen and oxygen atoms in total. The minimum Gasteiger partial charge on any atom is -0.372 e. The summed E-state index contributed by atoms with van der Waals surface area (Å²) in [5.74, 6) is 1.15. The Morgan fingerprint density at radius 3 is 2.57 bits per heavy atom. The molecule has 1 spiro atoms. The van der Waals surface area contributed by atoms with E-state index in [4.69, 9.17) is 4.99 Å². The first-order valence-corrected chi connectivity index (χ1v) is 13.6. The van der Waals surface area contributed by atoms with Crippen molar-refractivity contribution in [1.82, 2.24) is 9.62 Å². The van der Waals surface area contributed by atoms with E-state index in [1.54, 1.807) is 18.2 Å². The molecule has 1 amide bonds. The van der Waals surface area contributed by atoms with Gasteiger partial charge in [0.15, 0.2) is 0 Å². The Bertz CT molecular complexity index is 1230. The fraction of sp³-hybridized carbons (Fsp3) is 0.462. The number of benzene rings is 2. The van der Waals surface area contributed by atoms with Gasteiger partial charge in [-0.2, -0.15) is 4.31 Å². The molecular weight excluding hydrogens is 462 g/mol. The number of carbonyl (C=O) groups is 1. The van der Waals surface area contributed by atoms with Crippen LogP contribution in [0.25, 0.3) is 0 Å². The number of carbonyl (C=O) groups excluding carboxylic acids is 1. The summed E-state index contributed by atoms with van der Waals surface area (Å²) >= 11 is 0. The molecule has 1 saturated heterocycles. The van der Waals surface area contributed by atoms with Gasteiger partial charge in [-0.15, -0.1) is 0 Å². The van der Waals surface area contributed by atoms with Gasteiger partial charge >= 0.3 is 0 Å². The van der Waals surface area contributed by atoms with Crippen LogP contribution in [-0.2, 0) is 14.8 Å². The van der Waals surface area contributed by atoms with Gasteiger partial charge in [-0.1, -0.05) is 32.0 Å². The molecule has 0 aromatic heterocycles. The van der Waals surface area contributed by atoms with Gasteiger partial charge in [0.25, 0.3) is 0 Å². The normalized spacial score (nSPS) is 17.5. The van der Waals surface area contributed by atoms with Gasteiger partial charge in [0.1, 0.15) is 10.7 Å². The zero-order chi connectivity index (χ0) is 25.2. The van der Waals surface area contributed by atoms with Crippen molar-refractivity contribution in [2.24, 2.45) is 10.9 Å². The largest absolute Gasteiger partial charge is 0.372 e. The molecule has 3 N–H and O–H groups in total. The number of sulfonamides is 1. The second-order valence-electron chi connectivity index (χ2n) is 9.88. The van der Waals surface area contributed by atoms with Crippen molar-refractivity contribution in [3.8, 4) is 0 Å². The summed E-state index contributed by atoms with van der Waals surface area (Å²) in [6.45, 7) is 9.10. The van der Waals surface area contributed by atoms with E-state index in [0.717, 1.165) is 35.7 Å². The molecule has 0 saturated carbocycles. The predicted octanol–water partition coefficient (Wildman–Crippen LogP) is 4.27. The van der Waals surface area contributed by atoms with Gasteiger partial charge in [0.2, 0.25) is 15.9 Å². The van der Waals surface area contributed by atoms with Crippen molar-refractivity contribution in [3.63, 3.8) is 0 Å². The maximum absolute atomic E-state index is 13.6. The number of amides is 1. The topological polar surface area (TPSA) is 103 Å². The molecule has 2 aromatic carbocycles. The third kappa shape index (κ3) is 5.36. The van der Waals surface area contributed by atoms with E-state index in [0.29, 0.717) is 37.5 Å². The van der Waals surface area contributed by atoms with Crippen molar-refractivity contribution in [2.75, 3.05) is 30.3 Å². The second kappa shape index (κ2) is 9.99. The van der Waals surface area contributed by atoms with E-state index in [-0.39, 0.29) is 10.8 Å². The van der Waals surface area contributed by atoms with Crippen molar-refractivity contribution >= 4 is 38.8 Å². The molecule has 0 aliphatic carbocycles. The van der Waals surface area contributed by atoms with Crippen LogP contribution in [0.4, 0.5) is 17.1 Å². The third-order valence-corrected chi connectivity index (χ3v) is 8.56. The zero-order valence-electron chi connectivity index (χ0n) is 20.9. The Morgan fingerprint density at radius 2 is 1.89 bits per heavy atom. The summed E-state index contributed by atoms with van der Waals surface area (Å²) in [5, 5.41) is 9.90. The first kappa shape index (κ1) is 25.2. The summed E-state index contributed by atoms with van der Waals surface area (Å²) in [6, 6.07) is 13.0. The molecule has 0 atom stereocenters. The minimum absolute atomic E-state index is 0.134. The Hall–Kier alpha value is -2.91. The lowest BCUT2D eigenvalue weighted by Gasteiger charge is -2.45. The maximum atomic E-state index is 13.6. The molecule has 2 aromatic rings. The predicted molar refractivity (Wildman–Crippen MR) is 141 cm³/mol. The van der Waals surface area contributed by atoms with Gasteiger partial charge < -0.3 is 16.0 Å². The van der Waals surface area contributed by atoms with E-state index in [2.05, 4.69) is 29.8 Å². The van der Waals surface area contributed by atoms with Crippen LogP contribution in [0.3, 0.4) is 0 Å². The number of rotatable bonds is 6. The van der Waals surface area contributed by atoms with Crippen LogP contribution in [0.5, 0.6) is 0 Å². The van der Waals surface area contributed by atoms with Crippen LogP contribution in [0.2, 0.25) is 0 Å². The Balaban J connectivity index is 1.59. The molecule has 188 valence electrons. The van der Waals surface area contributed by atoms with Gasteiger partial charge in [-0.3, -0.25) is 4.79 Å². The lowest BCUT2D eigenvalue weighted by molar-refractivity contribution is -0.114. The standard InChI is InChI=1S/C26H35N5O3S/c1-18(2)11-14-27-25-26(30-22-8-6-5-7-21(22)29-25)12-15-31(16-13-26)35(33,34)24-17-19(3)9-10-23(24)28-20(4)32/h5-10,17-18,30H,11-16H2,1-4H3,(H,27,29)(H,28,32). The summed E-state index contributed by atoms with van der Waals surface area (Å²) in [7, 11) is -3.79. The number of amidine groups is 1. The molecule has 4 rings (SSSR count). The van der Waals surface area contributed by atoms with Crippen LogP contribution in [0, 0.1) is 12.8 Å². The average Bonchev–Trinajstić information content (AvgIpc) is 2.80. The van der Waals surface area contributed by atoms with Gasteiger partial charge in [0.05, 0.1) is 22.6 Å². The van der Waals surface area contributed by atoms with Gasteiger partial charge in [-0.05, 0) is 61.9 Å². The molecule has 1 fully saturated rings. The van der Waals surface area contributed by atoms with Crippen LogP contribution in [-0.4, -0.2) is 49.6 Å².